The van der Waals surface area contributed by atoms with Crippen molar-refractivity contribution in [1.29, 1.82) is 0 Å². The molecule has 0 radical (unpaired) electrons. The zero-order chi connectivity index (χ0) is 9.00. The van der Waals surface area contributed by atoms with E-state index in [2.05, 4.69) is 0 Å². The minimum Gasteiger partial charge on any atom is -0.393 e. The number of fused-ring (bicyclic) bond motifs is 5. The lowest BCUT2D eigenvalue weighted by molar-refractivity contribution is 0.0303. The number of rotatable bonds is 0. The van der Waals surface area contributed by atoms with Crippen molar-refractivity contribution < 1.29 is 5.11 Å². The molecule has 0 saturated heterocycles. The first-order valence-corrected chi connectivity index (χ1v) is 5.69. The van der Waals surface area contributed by atoms with Crippen LogP contribution in [0.4, 0.5) is 0 Å². The van der Waals surface area contributed by atoms with E-state index < -0.39 is 0 Å². The van der Waals surface area contributed by atoms with Crippen LogP contribution in [0.2, 0.25) is 0 Å². The van der Waals surface area contributed by atoms with Gasteiger partial charge in [-0.2, -0.15) is 0 Å². The lowest BCUT2D eigenvalue weighted by Gasteiger charge is -2.39. The van der Waals surface area contributed by atoms with Crippen LogP contribution in [0.3, 0.4) is 0 Å². The molecule has 0 aliphatic heterocycles. The van der Waals surface area contributed by atoms with Crippen molar-refractivity contribution in [3.8, 4) is 0 Å². The van der Waals surface area contributed by atoms with Gasteiger partial charge in [-0.15, -0.1) is 0 Å². The average molecular weight is 181 g/mol. The summed E-state index contributed by atoms with van der Waals surface area (Å²) in [5, 5.41) is 9.80. The maximum Gasteiger partial charge on any atom is 0.0574 e. The summed E-state index contributed by atoms with van der Waals surface area (Å²) in [7, 11) is 0. The van der Waals surface area contributed by atoms with Crippen molar-refractivity contribution >= 4 is 0 Å². The molecule has 6 unspecified atom stereocenters. The Morgan fingerprint density at radius 3 is 2.62 bits per heavy atom. The second-order valence-electron chi connectivity index (χ2n) is 5.36. The number of aliphatic hydroxyl groups is 1. The molecular weight excluding hydrogens is 162 g/mol. The van der Waals surface area contributed by atoms with Crippen molar-refractivity contribution in [2.24, 2.45) is 29.4 Å². The Kier molecular flexibility index (Phi) is 1.72. The summed E-state index contributed by atoms with van der Waals surface area (Å²) >= 11 is 0. The fourth-order valence-corrected chi connectivity index (χ4v) is 4.24. The Hall–Kier alpha value is -0.0800. The van der Waals surface area contributed by atoms with Gasteiger partial charge in [0.05, 0.1) is 6.10 Å². The van der Waals surface area contributed by atoms with Crippen molar-refractivity contribution in [2.75, 3.05) is 0 Å². The summed E-state index contributed by atoms with van der Waals surface area (Å²) in [6.45, 7) is 0. The fourth-order valence-electron chi connectivity index (χ4n) is 4.24. The molecule has 0 aromatic heterocycles. The molecule has 3 fully saturated rings. The van der Waals surface area contributed by atoms with E-state index in [9.17, 15) is 5.11 Å². The van der Waals surface area contributed by atoms with Crippen LogP contribution in [-0.2, 0) is 0 Å². The molecule has 0 spiro atoms. The molecule has 3 aliphatic carbocycles. The maximum atomic E-state index is 9.80. The Balaban J connectivity index is 1.81. The summed E-state index contributed by atoms with van der Waals surface area (Å²) in [6.07, 6.45) is 6.13. The summed E-state index contributed by atoms with van der Waals surface area (Å²) < 4.78 is 0. The van der Waals surface area contributed by atoms with Gasteiger partial charge in [0.25, 0.3) is 0 Å². The average Bonchev–Trinajstić information content (AvgIpc) is 2.60. The number of aliphatic hydroxyl groups excluding tert-OH is 1. The highest BCUT2D eigenvalue weighted by atomic mass is 16.3. The Bertz CT molecular complexity index is 216. The third-order valence-corrected chi connectivity index (χ3v) is 4.76. The molecule has 0 amide bonds. The highest BCUT2D eigenvalue weighted by Gasteiger charge is 2.53. The molecule has 74 valence electrons. The summed E-state index contributed by atoms with van der Waals surface area (Å²) in [4.78, 5) is 0. The Labute approximate surface area is 79.5 Å². The number of nitrogens with two attached hydrogens (primary N) is 1. The molecule has 13 heavy (non-hydrogen) atoms. The Morgan fingerprint density at radius 1 is 0.923 bits per heavy atom. The quantitative estimate of drug-likeness (QED) is 0.588. The van der Waals surface area contributed by atoms with Gasteiger partial charge in [-0.1, -0.05) is 0 Å². The van der Waals surface area contributed by atoms with Crippen LogP contribution in [0.25, 0.3) is 0 Å². The second-order valence-corrected chi connectivity index (χ2v) is 5.36. The van der Waals surface area contributed by atoms with Gasteiger partial charge in [-0.3, -0.25) is 0 Å². The van der Waals surface area contributed by atoms with Gasteiger partial charge in [0.15, 0.2) is 0 Å². The van der Waals surface area contributed by atoms with Crippen LogP contribution in [0.1, 0.15) is 32.1 Å². The molecule has 2 heteroatoms. The Morgan fingerprint density at radius 2 is 1.77 bits per heavy atom. The van der Waals surface area contributed by atoms with E-state index in [-0.39, 0.29) is 6.10 Å². The van der Waals surface area contributed by atoms with Crippen LogP contribution in [-0.4, -0.2) is 17.3 Å². The SMILES string of the molecule is NC1CCC2C3CC(O)C(C3)C2C1. The van der Waals surface area contributed by atoms with Crippen molar-refractivity contribution in [3.05, 3.63) is 0 Å². The van der Waals surface area contributed by atoms with Gasteiger partial charge < -0.3 is 10.8 Å². The molecule has 2 bridgehead atoms. The topological polar surface area (TPSA) is 46.2 Å². The van der Waals surface area contributed by atoms with Crippen molar-refractivity contribution in [3.63, 3.8) is 0 Å². The van der Waals surface area contributed by atoms with Gasteiger partial charge in [-0.05, 0) is 55.8 Å². The van der Waals surface area contributed by atoms with E-state index in [0.29, 0.717) is 12.0 Å². The summed E-state index contributed by atoms with van der Waals surface area (Å²) in [5.41, 5.74) is 5.99. The maximum absolute atomic E-state index is 9.80. The highest BCUT2D eigenvalue weighted by molar-refractivity contribution is 5.03. The zero-order valence-corrected chi connectivity index (χ0v) is 8.02. The predicted octanol–water partition coefficient (Wildman–Crippen LogP) is 1.13. The van der Waals surface area contributed by atoms with Gasteiger partial charge in [0.1, 0.15) is 0 Å². The lowest BCUT2D eigenvalue weighted by Crippen LogP contribution is -2.40. The van der Waals surface area contributed by atoms with E-state index in [0.717, 1.165) is 24.2 Å². The van der Waals surface area contributed by atoms with Crippen LogP contribution in [0.5, 0.6) is 0 Å². The van der Waals surface area contributed by atoms with Gasteiger partial charge in [0, 0.05) is 6.04 Å². The highest BCUT2D eigenvalue weighted by Crippen LogP contribution is 2.57. The van der Waals surface area contributed by atoms with Crippen LogP contribution in [0.15, 0.2) is 0 Å². The molecule has 0 aromatic rings. The molecule has 3 N–H and O–H groups in total. The molecule has 0 aromatic carbocycles. The first kappa shape index (κ1) is 8.25. The molecule has 3 aliphatic rings. The minimum atomic E-state index is 0.0107. The number of hydrogen-bond donors (Lipinski definition) is 2. The first-order valence-electron chi connectivity index (χ1n) is 5.69. The third kappa shape index (κ3) is 1.08. The molecule has 0 heterocycles. The molecule has 3 rings (SSSR count). The summed E-state index contributed by atoms with van der Waals surface area (Å²) in [5.74, 6) is 3.16. The van der Waals surface area contributed by atoms with E-state index in [1.807, 2.05) is 0 Å². The molecule has 2 nitrogen and oxygen atoms in total. The van der Waals surface area contributed by atoms with Crippen LogP contribution in [0, 0.1) is 23.7 Å². The van der Waals surface area contributed by atoms with Crippen LogP contribution >= 0.6 is 0 Å². The fraction of sp³-hybridized carbons (Fsp3) is 1.00. The predicted molar refractivity (Wildman–Crippen MR) is 51.0 cm³/mol. The van der Waals surface area contributed by atoms with Gasteiger partial charge in [-0.25, -0.2) is 0 Å². The number of hydrogen-bond acceptors (Lipinski definition) is 2. The smallest absolute Gasteiger partial charge is 0.0574 e. The van der Waals surface area contributed by atoms with Crippen LogP contribution < -0.4 is 5.73 Å². The van der Waals surface area contributed by atoms with E-state index in [1.54, 1.807) is 0 Å². The standard InChI is InChI=1S/C11H19NO/c12-7-1-2-8-6-3-10(9(8)5-7)11(13)4-6/h6-11,13H,1-5,12H2. The normalized spacial score (nSPS) is 59.5. The van der Waals surface area contributed by atoms with Gasteiger partial charge in [0.2, 0.25) is 0 Å². The minimum absolute atomic E-state index is 0.0107. The first-order chi connectivity index (χ1) is 6.25. The van der Waals surface area contributed by atoms with Gasteiger partial charge >= 0.3 is 0 Å². The third-order valence-electron chi connectivity index (χ3n) is 4.76. The van der Waals surface area contributed by atoms with E-state index >= 15 is 0 Å². The van der Waals surface area contributed by atoms with Crippen molar-refractivity contribution in [2.45, 2.75) is 44.2 Å². The molecule has 3 saturated carbocycles. The monoisotopic (exact) mass is 181 g/mol. The van der Waals surface area contributed by atoms with Crippen molar-refractivity contribution in [1.82, 2.24) is 0 Å². The second kappa shape index (κ2) is 2.71. The van der Waals surface area contributed by atoms with E-state index in [4.69, 9.17) is 5.73 Å². The largest absolute Gasteiger partial charge is 0.393 e. The van der Waals surface area contributed by atoms with E-state index in [1.165, 1.54) is 25.7 Å². The lowest BCUT2D eigenvalue weighted by atomic mass is 9.69. The summed E-state index contributed by atoms with van der Waals surface area (Å²) in [6, 6.07) is 0.424. The molecule has 6 atom stereocenters. The zero-order valence-electron chi connectivity index (χ0n) is 8.02. The molecular formula is C11H19NO.